The van der Waals surface area contributed by atoms with Gasteiger partial charge in [-0.05, 0) is 30.2 Å². The van der Waals surface area contributed by atoms with E-state index in [1.807, 2.05) is 10.9 Å². The van der Waals surface area contributed by atoms with Crippen LogP contribution in [0.4, 0.5) is 0 Å². The van der Waals surface area contributed by atoms with E-state index in [0.717, 1.165) is 19.6 Å². The van der Waals surface area contributed by atoms with Crippen molar-refractivity contribution in [3.8, 4) is 0 Å². The Morgan fingerprint density at radius 2 is 2.38 bits per heavy atom. The Hall–Kier alpha value is -0.830. The summed E-state index contributed by atoms with van der Waals surface area (Å²) in [5, 5.41) is 4.43. The normalized spacial score (nSPS) is 21.6. The van der Waals surface area contributed by atoms with Gasteiger partial charge in [0.25, 0.3) is 0 Å². The molecule has 0 spiro atoms. The predicted octanol–water partition coefficient (Wildman–Crippen LogP) is 2.75. The molecule has 0 radical (unpaired) electrons. The summed E-state index contributed by atoms with van der Waals surface area (Å²) in [6.45, 7) is 8.57. The van der Waals surface area contributed by atoms with Crippen molar-refractivity contribution in [1.29, 1.82) is 0 Å². The van der Waals surface area contributed by atoms with Crippen molar-refractivity contribution in [2.75, 3.05) is 6.61 Å². The maximum atomic E-state index is 5.62. The molecule has 1 fully saturated rings. The van der Waals surface area contributed by atoms with Crippen LogP contribution in [0.1, 0.15) is 45.6 Å². The Morgan fingerprint density at radius 3 is 3.00 bits per heavy atom. The number of hydrogen-bond donors (Lipinski definition) is 0. The molecule has 1 unspecified atom stereocenters. The van der Waals surface area contributed by atoms with Crippen LogP contribution < -0.4 is 0 Å². The molecule has 0 amide bonds. The first-order valence-corrected chi connectivity index (χ1v) is 6.26. The molecule has 90 valence electrons. The van der Waals surface area contributed by atoms with Gasteiger partial charge in [0.2, 0.25) is 0 Å². The molecule has 1 atom stereocenters. The van der Waals surface area contributed by atoms with Crippen molar-refractivity contribution in [3.63, 3.8) is 0 Å². The number of aromatic nitrogens is 2. The minimum Gasteiger partial charge on any atom is -0.376 e. The molecule has 2 heterocycles. The van der Waals surface area contributed by atoms with E-state index >= 15 is 0 Å². The van der Waals surface area contributed by atoms with Gasteiger partial charge in [0.05, 0.1) is 18.8 Å². The lowest BCUT2D eigenvalue weighted by molar-refractivity contribution is 0.0939. The Bertz CT molecular complexity index is 337. The summed E-state index contributed by atoms with van der Waals surface area (Å²) >= 11 is 0. The van der Waals surface area contributed by atoms with Gasteiger partial charge >= 0.3 is 0 Å². The molecule has 0 bridgehead atoms. The maximum Gasteiger partial charge on any atom is 0.0771 e. The fourth-order valence-corrected chi connectivity index (χ4v) is 2.01. The Morgan fingerprint density at radius 1 is 1.56 bits per heavy atom. The highest BCUT2D eigenvalue weighted by atomic mass is 16.5. The zero-order valence-corrected chi connectivity index (χ0v) is 10.6. The van der Waals surface area contributed by atoms with E-state index in [1.165, 1.54) is 18.4 Å². The van der Waals surface area contributed by atoms with E-state index in [1.54, 1.807) is 0 Å². The average molecular weight is 222 g/mol. The third-order valence-electron chi connectivity index (χ3n) is 3.71. The highest BCUT2D eigenvalue weighted by Crippen LogP contribution is 2.26. The molecular formula is C13H22N2O. The van der Waals surface area contributed by atoms with Crippen molar-refractivity contribution in [2.45, 2.75) is 58.1 Å². The van der Waals surface area contributed by atoms with Gasteiger partial charge in [0, 0.05) is 12.8 Å². The minimum absolute atomic E-state index is 0.231. The van der Waals surface area contributed by atoms with Crippen LogP contribution in [-0.2, 0) is 16.7 Å². The second-order valence-corrected chi connectivity index (χ2v) is 5.32. The van der Waals surface area contributed by atoms with E-state index in [4.69, 9.17) is 4.74 Å². The topological polar surface area (TPSA) is 27.1 Å². The minimum atomic E-state index is 0.231. The Kier molecular flexibility index (Phi) is 3.33. The van der Waals surface area contributed by atoms with Crippen molar-refractivity contribution in [2.24, 2.45) is 0 Å². The summed E-state index contributed by atoms with van der Waals surface area (Å²) in [5.41, 5.74) is 1.56. The first kappa shape index (κ1) is 11.6. The van der Waals surface area contributed by atoms with Crippen molar-refractivity contribution >= 4 is 0 Å². The summed E-state index contributed by atoms with van der Waals surface area (Å²) in [4.78, 5) is 0. The van der Waals surface area contributed by atoms with Crippen LogP contribution in [0, 0.1) is 0 Å². The molecule has 3 nitrogen and oxygen atoms in total. The van der Waals surface area contributed by atoms with Crippen molar-refractivity contribution < 1.29 is 4.74 Å². The summed E-state index contributed by atoms with van der Waals surface area (Å²) in [7, 11) is 0. The molecule has 1 aliphatic heterocycles. The summed E-state index contributed by atoms with van der Waals surface area (Å²) in [6, 6.07) is 0. The number of ether oxygens (including phenoxy) is 1. The number of rotatable bonds is 4. The molecule has 1 saturated heterocycles. The first-order chi connectivity index (χ1) is 7.62. The zero-order valence-electron chi connectivity index (χ0n) is 10.6. The zero-order chi connectivity index (χ0) is 11.6. The van der Waals surface area contributed by atoms with Gasteiger partial charge < -0.3 is 4.74 Å². The SMILES string of the molecule is CCC(C)(C)c1cnn(CC2CCCO2)c1. The fourth-order valence-electron chi connectivity index (χ4n) is 2.01. The van der Waals surface area contributed by atoms with Gasteiger partial charge in [-0.2, -0.15) is 5.10 Å². The highest BCUT2D eigenvalue weighted by molar-refractivity contribution is 5.16. The van der Waals surface area contributed by atoms with Crippen LogP contribution in [0.25, 0.3) is 0 Å². The first-order valence-electron chi connectivity index (χ1n) is 6.26. The van der Waals surface area contributed by atoms with E-state index in [0.29, 0.717) is 6.10 Å². The summed E-state index contributed by atoms with van der Waals surface area (Å²) < 4.78 is 7.65. The Labute approximate surface area is 97.8 Å². The van der Waals surface area contributed by atoms with Gasteiger partial charge in [0.15, 0.2) is 0 Å². The second kappa shape index (κ2) is 4.58. The molecule has 0 saturated carbocycles. The quantitative estimate of drug-likeness (QED) is 0.783. The van der Waals surface area contributed by atoms with Crippen LogP contribution >= 0.6 is 0 Å². The number of nitrogens with zero attached hydrogens (tertiary/aromatic N) is 2. The summed E-state index contributed by atoms with van der Waals surface area (Å²) in [6.07, 6.45) is 8.05. The van der Waals surface area contributed by atoms with Crippen molar-refractivity contribution in [3.05, 3.63) is 18.0 Å². The van der Waals surface area contributed by atoms with Gasteiger partial charge in [-0.1, -0.05) is 20.8 Å². The Balaban J connectivity index is 2.01. The molecule has 0 N–H and O–H groups in total. The molecule has 0 aliphatic carbocycles. The maximum absolute atomic E-state index is 5.62. The molecule has 1 aromatic rings. The van der Waals surface area contributed by atoms with Crippen LogP contribution in [0.3, 0.4) is 0 Å². The van der Waals surface area contributed by atoms with Crippen LogP contribution in [0.15, 0.2) is 12.4 Å². The van der Waals surface area contributed by atoms with E-state index in [9.17, 15) is 0 Å². The van der Waals surface area contributed by atoms with Gasteiger partial charge in [-0.15, -0.1) is 0 Å². The molecule has 16 heavy (non-hydrogen) atoms. The van der Waals surface area contributed by atoms with Gasteiger partial charge in [0.1, 0.15) is 0 Å². The second-order valence-electron chi connectivity index (χ2n) is 5.32. The third kappa shape index (κ3) is 2.46. The lowest BCUT2D eigenvalue weighted by atomic mass is 9.84. The van der Waals surface area contributed by atoms with Gasteiger partial charge in [-0.3, -0.25) is 4.68 Å². The van der Waals surface area contributed by atoms with Crippen LogP contribution in [0.5, 0.6) is 0 Å². The molecular weight excluding hydrogens is 200 g/mol. The monoisotopic (exact) mass is 222 g/mol. The predicted molar refractivity (Wildman–Crippen MR) is 64.5 cm³/mol. The lowest BCUT2D eigenvalue weighted by Crippen LogP contribution is -2.16. The highest BCUT2D eigenvalue weighted by Gasteiger charge is 2.21. The van der Waals surface area contributed by atoms with Crippen molar-refractivity contribution in [1.82, 2.24) is 9.78 Å². The standard InChI is InChI=1S/C13H22N2O/c1-4-13(2,3)11-8-14-15(9-11)10-12-6-5-7-16-12/h8-9,12H,4-7,10H2,1-3H3. The van der Waals surface area contributed by atoms with Crippen LogP contribution in [0.2, 0.25) is 0 Å². The molecule has 3 heteroatoms. The smallest absolute Gasteiger partial charge is 0.0771 e. The third-order valence-corrected chi connectivity index (χ3v) is 3.71. The largest absolute Gasteiger partial charge is 0.376 e. The summed E-state index contributed by atoms with van der Waals surface area (Å²) in [5.74, 6) is 0. The molecule has 0 aromatic carbocycles. The van der Waals surface area contributed by atoms with E-state index < -0.39 is 0 Å². The van der Waals surface area contributed by atoms with Crippen LogP contribution in [-0.4, -0.2) is 22.5 Å². The molecule has 2 rings (SSSR count). The molecule has 1 aliphatic rings. The van der Waals surface area contributed by atoms with Gasteiger partial charge in [-0.25, -0.2) is 0 Å². The number of hydrogen-bond acceptors (Lipinski definition) is 2. The average Bonchev–Trinajstić information content (AvgIpc) is 2.89. The van der Waals surface area contributed by atoms with E-state index in [2.05, 4.69) is 32.1 Å². The van der Waals surface area contributed by atoms with E-state index in [-0.39, 0.29) is 5.41 Å². The lowest BCUT2D eigenvalue weighted by Gasteiger charge is -2.20. The fraction of sp³-hybridized carbons (Fsp3) is 0.769. The molecule has 1 aromatic heterocycles.